The third-order valence-electron chi connectivity index (χ3n) is 2.25. The summed E-state index contributed by atoms with van der Waals surface area (Å²) in [7, 11) is 1.53. The molecule has 0 aliphatic rings. The Morgan fingerprint density at radius 2 is 2.27 bits per heavy atom. The minimum absolute atomic E-state index is 0.224. The zero-order valence-corrected chi connectivity index (χ0v) is 8.86. The van der Waals surface area contributed by atoms with Crippen molar-refractivity contribution in [2.75, 3.05) is 7.11 Å². The number of aliphatic hydroxyl groups excluding tert-OH is 1. The van der Waals surface area contributed by atoms with Gasteiger partial charge in [-0.3, -0.25) is 4.79 Å². The van der Waals surface area contributed by atoms with Crippen LogP contribution in [-0.2, 0) is 11.2 Å². The summed E-state index contributed by atoms with van der Waals surface area (Å²) in [5.74, 6) is 0.583. The van der Waals surface area contributed by atoms with Crippen molar-refractivity contribution in [3.63, 3.8) is 0 Å². The van der Waals surface area contributed by atoms with E-state index >= 15 is 0 Å². The quantitative estimate of drug-likeness (QED) is 0.467. The second-order valence-electron chi connectivity index (χ2n) is 3.09. The van der Waals surface area contributed by atoms with Crippen LogP contribution in [0.2, 0.25) is 0 Å². The highest BCUT2D eigenvalue weighted by Gasteiger charge is 2.08. The predicted molar refractivity (Wildman–Crippen MR) is 59.0 cm³/mol. The summed E-state index contributed by atoms with van der Waals surface area (Å²) in [6.07, 6.45) is 2.27. The third kappa shape index (κ3) is 2.37. The van der Waals surface area contributed by atoms with Crippen molar-refractivity contribution in [2.24, 2.45) is 0 Å². The zero-order valence-electron chi connectivity index (χ0n) is 8.86. The van der Waals surface area contributed by atoms with Crippen LogP contribution in [0.4, 0.5) is 0 Å². The molecule has 0 fully saturated rings. The van der Waals surface area contributed by atoms with Crippen LogP contribution in [0.5, 0.6) is 5.75 Å². The molecule has 0 saturated heterocycles. The Kier molecular flexibility index (Phi) is 3.92. The van der Waals surface area contributed by atoms with Crippen molar-refractivity contribution < 1.29 is 14.6 Å². The molecule has 15 heavy (non-hydrogen) atoms. The number of hydrogen-bond acceptors (Lipinski definition) is 3. The fourth-order valence-corrected chi connectivity index (χ4v) is 1.36. The number of carbonyl (C=O) groups is 1. The number of benzene rings is 1. The van der Waals surface area contributed by atoms with Gasteiger partial charge in [0.05, 0.1) is 18.9 Å². The predicted octanol–water partition coefficient (Wildman–Crippen LogP) is 2.36. The number of aryl methyl sites for hydroxylation is 1. The van der Waals surface area contributed by atoms with Crippen molar-refractivity contribution in [2.45, 2.75) is 13.3 Å². The number of ether oxygens (including phenoxy) is 1. The van der Waals surface area contributed by atoms with Crippen molar-refractivity contribution in [3.8, 4) is 5.75 Å². The van der Waals surface area contributed by atoms with Gasteiger partial charge in [-0.1, -0.05) is 13.0 Å². The molecule has 1 aromatic rings. The van der Waals surface area contributed by atoms with Crippen molar-refractivity contribution in [1.82, 2.24) is 0 Å². The summed E-state index contributed by atoms with van der Waals surface area (Å²) < 4.78 is 5.12. The number of carbonyl (C=O) groups excluding carboxylic acids is 1. The highest BCUT2D eigenvalue weighted by atomic mass is 16.5. The first-order chi connectivity index (χ1) is 7.26. The first-order valence-electron chi connectivity index (χ1n) is 4.73. The SMILES string of the molecule is CCc1ccc(OC)c(/C(C=O)=C/O)c1. The van der Waals surface area contributed by atoms with E-state index in [-0.39, 0.29) is 5.57 Å². The molecular formula is C12H14O3. The molecule has 0 amide bonds. The Bertz CT molecular complexity index is 380. The van der Waals surface area contributed by atoms with E-state index in [1.165, 1.54) is 7.11 Å². The normalized spacial score (nSPS) is 11.2. The lowest BCUT2D eigenvalue weighted by Crippen LogP contribution is -1.94. The third-order valence-corrected chi connectivity index (χ3v) is 2.25. The second kappa shape index (κ2) is 5.20. The number of allylic oxidation sites excluding steroid dienone is 1. The van der Waals surface area contributed by atoms with Crippen LogP contribution in [0.15, 0.2) is 24.5 Å². The standard InChI is InChI=1S/C12H14O3/c1-3-9-4-5-12(15-2)11(6-9)10(7-13)8-14/h4-8,13H,3H2,1-2H3/b10-7+. The Labute approximate surface area is 89.0 Å². The molecule has 1 N–H and O–H groups in total. The molecular weight excluding hydrogens is 192 g/mol. The molecule has 80 valence electrons. The zero-order chi connectivity index (χ0) is 11.3. The van der Waals surface area contributed by atoms with E-state index in [4.69, 9.17) is 9.84 Å². The summed E-state index contributed by atoms with van der Waals surface area (Å²) in [4.78, 5) is 10.7. The van der Waals surface area contributed by atoms with E-state index in [1.807, 2.05) is 19.1 Å². The maximum Gasteiger partial charge on any atom is 0.153 e. The van der Waals surface area contributed by atoms with E-state index in [1.54, 1.807) is 6.07 Å². The Morgan fingerprint density at radius 3 is 2.73 bits per heavy atom. The van der Waals surface area contributed by atoms with E-state index in [2.05, 4.69) is 0 Å². The first-order valence-corrected chi connectivity index (χ1v) is 4.73. The van der Waals surface area contributed by atoms with Gasteiger partial charge < -0.3 is 9.84 Å². The molecule has 0 unspecified atom stereocenters. The minimum atomic E-state index is 0.224. The number of aldehydes is 1. The van der Waals surface area contributed by atoms with E-state index < -0.39 is 0 Å². The number of methoxy groups -OCH3 is 1. The van der Waals surface area contributed by atoms with E-state index in [0.29, 0.717) is 17.6 Å². The molecule has 0 bridgehead atoms. The van der Waals surface area contributed by atoms with Gasteiger partial charge in [-0.25, -0.2) is 0 Å². The maximum atomic E-state index is 10.7. The van der Waals surface area contributed by atoms with Crippen LogP contribution in [-0.4, -0.2) is 18.5 Å². The van der Waals surface area contributed by atoms with Crippen LogP contribution in [0, 0.1) is 0 Å². The van der Waals surface area contributed by atoms with E-state index in [9.17, 15) is 4.79 Å². The Hall–Kier alpha value is -1.77. The number of aliphatic hydroxyl groups is 1. The van der Waals surface area contributed by atoms with Crippen LogP contribution in [0.25, 0.3) is 5.57 Å². The van der Waals surface area contributed by atoms with Crippen molar-refractivity contribution in [3.05, 3.63) is 35.6 Å². The van der Waals surface area contributed by atoms with Crippen LogP contribution in [0.3, 0.4) is 0 Å². The molecule has 0 radical (unpaired) electrons. The van der Waals surface area contributed by atoms with E-state index in [0.717, 1.165) is 18.2 Å². The van der Waals surface area contributed by atoms with Gasteiger partial charge in [-0.2, -0.15) is 0 Å². The lowest BCUT2D eigenvalue weighted by atomic mass is 10.0. The number of rotatable bonds is 4. The van der Waals surface area contributed by atoms with Gasteiger partial charge in [0.2, 0.25) is 0 Å². The molecule has 1 rings (SSSR count). The molecule has 0 aliphatic heterocycles. The average Bonchev–Trinajstić information content (AvgIpc) is 2.30. The lowest BCUT2D eigenvalue weighted by molar-refractivity contribution is -0.103. The van der Waals surface area contributed by atoms with Gasteiger partial charge in [0, 0.05) is 5.56 Å². The molecule has 0 aliphatic carbocycles. The smallest absolute Gasteiger partial charge is 0.153 e. The summed E-state index contributed by atoms with van der Waals surface area (Å²) >= 11 is 0. The largest absolute Gasteiger partial charge is 0.515 e. The highest BCUT2D eigenvalue weighted by molar-refractivity contribution is 6.07. The van der Waals surface area contributed by atoms with Gasteiger partial charge >= 0.3 is 0 Å². The average molecular weight is 206 g/mol. The maximum absolute atomic E-state index is 10.7. The topological polar surface area (TPSA) is 46.5 Å². The molecule has 0 heterocycles. The molecule has 0 atom stereocenters. The van der Waals surface area contributed by atoms with Gasteiger partial charge in [0.25, 0.3) is 0 Å². The number of hydrogen-bond donors (Lipinski definition) is 1. The fraction of sp³-hybridized carbons (Fsp3) is 0.250. The van der Waals surface area contributed by atoms with Gasteiger partial charge in [-0.05, 0) is 24.1 Å². The Balaban J connectivity index is 3.28. The highest BCUT2D eigenvalue weighted by Crippen LogP contribution is 2.26. The van der Waals surface area contributed by atoms with Gasteiger partial charge in [0.15, 0.2) is 6.29 Å². The van der Waals surface area contributed by atoms with Gasteiger partial charge in [-0.15, -0.1) is 0 Å². The van der Waals surface area contributed by atoms with Crippen LogP contribution >= 0.6 is 0 Å². The first kappa shape index (κ1) is 11.3. The molecule has 0 saturated carbocycles. The van der Waals surface area contributed by atoms with Gasteiger partial charge in [0.1, 0.15) is 5.75 Å². The minimum Gasteiger partial charge on any atom is -0.515 e. The van der Waals surface area contributed by atoms with Crippen LogP contribution in [0.1, 0.15) is 18.1 Å². The van der Waals surface area contributed by atoms with Crippen molar-refractivity contribution in [1.29, 1.82) is 0 Å². The summed E-state index contributed by atoms with van der Waals surface area (Å²) in [6, 6.07) is 5.57. The summed E-state index contributed by atoms with van der Waals surface area (Å²) in [5, 5.41) is 8.91. The molecule has 0 aromatic heterocycles. The molecule has 3 heteroatoms. The molecule has 3 nitrogen and oxygen atoms in total. The molecule has 1 aromatic carbocycles. The molecule has 0 spiro atoms. The monoisotopic (exact) mass is 206 g/mol. The van der Waals surface area contributed by atoms with Crippen molar-refractivity contribution >= 4 is 11.9 Å². The Morgan fingerprint density at radius 1 is 1.53 bits per heavy atom. The fourth-order valence-electron chi connectivity index (χ4n) is 1.36. The summed E-state index contributed by atoms with van der Waals surface area (Å²) in [6.45, 7) is 2.02. The lowest BCUT2D eigenvalue weighted by Gasteiger charge is -2.09. The van der Waals surface area contributed by atoms with Crippen LogP contribution < -0.4 is 4.74 Å². The second-order valence-corrected chi connectivity index (χ2v) is 3.09. The summed E-state index contributed by atoms with van der Waals surface area (Å²) in [5.41, 5.74) is 1.93.